The van der Waals surface area contributed by atoms with Crippen molar-refractivity contribution in [3.8, 4) is 0 Å². The average Bonchev–Trinajstić information content (AvgIpc) is 2.60. The number of hydrogen-bond donors (Lipinski definition) is 0. The van der Waals surface area contributed by atoms with E-state index in [0.717, 1.165) is 0 Å². The van der Waals surface area contributed by atoms with Crippen molar-refractivity contribution >= 4 is 34.5 Å². The summed E-state index contributed by atoms with van der Waals surface area (Å²) in [5.41, 5.74) is -0.618. The number of hydrogen-bond acceptors (Lipinski definition) is 4. The molecule has 0 bridgehead atoms. The first-order valence-corrected chi connectivity index (χ1v) is 7.31. The standard InChI is InChI=1S/C14H17BBrFO4/c1-13(2)14(3,4)21-15(20-13)8-6-9(12(18)19-5)11(17)10(16)7-8/h6-7H,1-5H3. The number of carbonyl (C=O) groups is 1. The van der Waals surface area contributed by atoms with Crippen LogP contribution < -0.4 is 5.46 Å². The molecule has 1 aromatic carbocycles. The molecule has 1 fully saturated rings. The van der Waals surface area contributed by atoms with Crippen LogP contribution in [0, 0.1) is 5.82 Å². The van der Waals surface area contributed by atoms with E-state index in [2.05, 4.69) is 20.7 Å². The van der Waals surface area contributed by atoms with Gasteiger partial charge >= 0.3 is 13.1 Å². The van der Waals surface area contributed by atoms with E-state index in [1.54, 1.807) is 6.07 Å². The Morgan fingerprint density at radius 1 is 1.24 bits per heavy atom. The maximum Gasteiger partial charge on any atom is 0.494 e. The number of esters is 1. The molecular weight excluding hydrogens is 342 g/mol. The predicted octanol–water partition coefficient (Wildman–Crippen LogP) is 2.67. The van der Waals surface area contributed by atoms with E-state index >= 15 is 0 Å². The van der Waals surface area contributed by atoms with Crippen LogP contribution >= 0.6 is 15.9 Å². The van der Waals surface area contributed by atoms with Gasteiger partial charge in [0.2, 0.25) is 0 Å². The van der Waals surface area contributed by atoms with E-state index < -0.39 is 30.1 Å². The first kappa shape index (κ1) is 16.5. The number of rotatable bonds is 2. The van der Waals surface area contributed by atoms with E-state index in [1.807, 2.05) is 27.7 Å². The summed E-state index contributed by atoms with van der Waals surface area (Å²) in [4.78, 5) is 11.6. The predicted molar refractivity (Wildman–Crippen MR) is 81.2 cm³/mol. The third-order valence-corrected chi connectivity index (χ3v) is 4.56. The van der Waals surface area contributed by atoms with E-state index in [0.29, 0.717) is 5.46 Å². The van der Waals surface area contributed by atoms with Crippen LogP contribution in [0.5, 0.6) is 0 Å². The summed E-state index contributed by atoms with van der Waals surface area (Å²) in [5.74, 6) is -1.41. The normalized spacial score (nSPS) is 19.7. The minimum absolute atomic E-state index is 0.156. The molecule has 2 rings (SSSR count). The molecule has 0 unspecified atom stereocenters. The molecule has 0 aliphatic carbocycles. The lowest BCUT2D eigenvalue weighted by Crippen LogP contribution is -2.41. The van der Waals surface area contributed by atoms with Gasteiger partial charge in [-0.1, -0.05) is 0 Å². The minimum atomic E-state index is -0.744. The van der Waals surface area contributed by atoms with Crippen molar-refractivity contribution in [2.45, 2.75) is 38.9 Å². The molecule has 1 saturated heterocycles. The van der Waals surface area contributed by atoms with Gasteiger partial charge in [-0.3, -0.25) is 0 Å². The van der Waals surface area contributed by atoms with E-state index in [9.17, 15) is 9.18 Å². The van der Waals surface area contributed by atoms with Gasteiger partial charge in [0.05, 0.1) is 28.3 Å². The van der Waals surface area contributed by atoms with Gasteiger partial charge in [-0.2, -0.15) is 0 Å². The van der Waals surface area contributed by atoms with E-state index in [1.165, 1.54) is 13.2 Å². The van der Waals surface area contributed by atoms with Gasteiger partial charge in [0.15, 0.2) is 5.82 Å². The molecule has 1 heterocycles. The Hall–Kier alpha value is -0.915. The molecule has 0 radical (unpaired) electrons. The molecule has 1 aliphatic rings. The summed E-state index contributed by atoms with van der Waals surface area (Å²) in [6, 6.07) is 2.94. The molecule has 4 nitrogen and oxygen atoms in total. The summed E-state index contributed by atoms with van der Waals surface area (Å²) in [6.45, 7) is 7.69. The number of benzene rings is 1. The molecule has 0 spiro atoms. The SMILES string of the molecule is COC(=O)c1cc(B2OC(C)(C)C(C)(C)O2)cc(Br)c1F. The Labute approximate surface area is 132 Å². The van der Waals surface area contributed by atoms with Gasteiger partial charge in [0.1, 0.15) is 0 Å². The van der Waals surface area contributed by atoms with Gasteiger partial charge in [0.25, 0.3) is 0 Å². The lowest BCUT2D eigenvalue weighted by molar-refractivity contribution is 0.00578. The summed E-state index contributed by atoms with van der Waals surface area (Å²) >= 11 is 3.10. The number of methoxy groups -OCH3 is 1. The Balaban J connectivity index is 2.43. The van der Waals surface area contributed by atoms with Crippen molar-refractivity contribution in [2.75, 3.05) is 7.11 Å². The maximum atomic E-state index is 14.0. The van der Waals surface area contributed by atoms with Crippen LogP contribution in [-0.2, 0) is 14.0 Å². The molecular formula is C14H17BBrFO4. The fourth-order valence-electron chi connectivity index (χ4n) is 1.98. The molecule has 0 atom stereocenters. The largest absolute Gasteiger partial charge is 0.494 e. The lowest BCUT2D eigenvalue weighted by Gasteiger charge is -2.32. The number of carbonyl (C=O) groups excluding carboxylic acids is 1. The van der Waals surface area contributed by atoms with Crippen LogP contribution in [0.15, 0.2) is 16.6 Å². The Morgan fingerprint density at radius 2 is 1.76 bits per heavy atom. The highest BCUT2D eigenvalue weighted by Crippen LogP contribution is 2.36. The summed E-state index contributed by atoms with van der Waals surface area (Å²) in [5, 5.41) is 0. The summed E-state index contributed by atoms with van der Waals surface area (Å²) in [6.07, 6.45) is 0. The van der Waals surface area contributed by atoms with Crippen molar-refractivity contribution in [3.05, 3.63) is 28.0 Å². The smallest absolute Gasteiger partial charge is 0.465 e. The second-order valence-electron chi connectivity index (χ2n) is 5.94. The van der Waals surface area contributed by atoms with E-state index in [-0.39, 0.29) is 10.0 Å². The Morgan fingerprint density at radius 3 is 2.24 bits per heavy atom. The number of ether oxygens (including phenoxy) is 1. The van der Waals surface area contributed by atoms with Crippen molar-refractivity contribution < 1.29 is 23.2 Å². The quantitative estimate of drug-likeness (QED) is 0.602. The van der Waals surface area contributed by atoms with Crippen molar-refractivity contribution in [1.29, 1.82) is 0 Å². The van der Waals surface area contributed by atoms with Crippen LogP contribution in [0.3, 0.4) is 0 Å². The van der Waals surface area contributed by atoms with Gasteiger partial charge in [-0.25, -0.2) is 9.18 Å². The lowest BCUT2D eigenvalue weighted by atomic mass is 9.78. The third-order valence-electron chi connectivity index (χ3n) is 3.98. The van der Waals surface area contributed by atoms with Crippen molar-refractivity contribution in [1.82, 2.24) is 0 Å². The zero-order chi connectivity index (χ0) is 16.0. The third kappa shape index (κ3) is 2.87. The molecule has 21 heavy (non-hydrogen) atoms. The zero-order valence-electron chi connectivity index (χ0n) is 12.6. The minimum Gasteiger partial charge on any atom is -0.465 e. The number of halogens is 2. The van der Waals surface area contributed by atoms with Gasteiger partial charge in [0, 0.05) is 0 Å². The van der Waals surface area contributed by atoms with Crippen LogP contribution in [0.25, 0.3) is 0 Å². The average molecular weight is 359 g/mol. The molecule has 114 valence electrons. The van der Waals surface area contributed by atoms with Crippen LogP contribution in [0.4, 0.5) is 4.39 Å². The maximum absolute atomic E-state index is 14.0. The highest BCUT2D eigenvalue weighted by Gasteiger charge is 2.52. The van der Waals surface area contributed by atoms with Crippen molar-refractivity contribution in [2.24, 2.45) is 0 Å². The second-order valence-corrected chi connectivity index (χ2v) is 6.80. The molecule has 1 aliphatic heterocycles. The van der Waals surface area contributed by atoms with Crippen LogP contribution in [0.1, 0.15) is 38.1 Å². The van der Waals surface area contributed by atoms with Gasteiger partial charge in [-0.05, 0) is 61.2 Å². The highest BCUT2D eigenvalue weighted by atomic mass is 79.9. The molecule has 0 N–H and O–H groups in total. The fraction of sp³-hybridized carbons (Fsp3) is 0.500. The Bertz CT molecular complexity index is 573. The van der Waals surface area contributed by atoms with Crippen molar-refractivity contribution in [3.63, 3.8) is 0 Å². The molecule has 1 aromatic rings. The molecule has 0 aromatic heterocycles. The topological polar surface area (TPSA) is 44.8 Å². The van der Waals surface area contributed by atoms with Crippen LogP contribution in [-0.4, -0.2) is 31.4 Å². The highest BCUT2D eigenvalue weighted by molar-refractivity contribution is 9.10. The van der Waals surface area contributed by atoms with Gasteiger partial charge in [-0.15, -0.1) is 0 Å². The summed E-state index contributed by atoms with van der Waals surface area (Å²) < 4.78 is 30.5. The monoisotopic (exact) mass is 358 g/mol. The van der Waals surface area contributed by atoms with E-state index in [4.69, 9.17) is 9.31 Å². The molecule has 0 saturated carbocycles. The fourth-order valence-corrected chi connectivity index (χ4v) is 2.46. The first-order chi connectivity index (χ1) is 9.59. The summed E-state index contributed by atoms with van der Waals surface area (Å²) in [7, 11) is 0.534. The molecule has 0 amide bonds. The first-order valence-electron chi connectivity index (χ1n) is 6.52. The zero-order valence-corrected chi connectivity index (χ0v) is 14.2. The second kappa shape index (κ2) is 5.37. The van der Waals surface area contributed by atoms with Gasteiger partial charge < -0.3 is 14.0 Å². The Kier molecular flexibility index (Phi) is 4.21. The van der Waals surface area contributed by atoms with Crippen LogP contribution in [0.2, 0.25) is 0 Å². The molecule has 7 heteroatoms.